The number of hydrogen-bond acceptors (Lipinski definition) is 3. The molecule has 94 valence electrons. The van der Waals surface area contributed by atoms with E-state index in [2.05, 4.69) is 0 Å². The minimum absolute atomic E-state index is 0.324. The molecule has 0 radical (unpaired) electrons. The summed E-state index contributed by atoms with van der Waals surface area (Å²) in [5, 5.41) is 9.43. The Hall–Kier alpha value is -0.870. The van der Waals surface area contributed by atoms with E-state index in [9.17, 15) is 13.5 Å². The lowest BCUT2D eigenvalue weighted by Gasteiger charge is -2.17. The Labute approximate surface area is 102 Å². The summed E-state index contributed by atoms with van der Waals surface area (Å²) < 4.78 is 24.1. The predicted octanol–water partition coefficient (Wildman–Crippen LogP) is 1.72. The molecule has 0 bridgehead atoms. The van der Waals surface area contributed by atoms with Crippen LogP contribution in [0, 0.1) is 0 Å². The van der Waals surface area contributed by atoms with E-state index in [-0.39, 0.29) is 5.25 Å². The van der Waals surface area contributed by atoms with Crippen LogP contribution < -0.4 is 0 Å². The first kappa shape index (κ1) is 12.6. The van der Waals surface area contributed by atoms with E-state index < -0.39 is 15.4 Å². The fourth-order valence-electron chi connectivity index (χ4n) is 2.28. The Morgan fingerprint density at radius 3 is 2.65 bits per heavy atom. The lowest BCUT2D eigenvalue weighted by molar-refractivity contribution is 0.0809. The molecule has 1 aromatic carbocycles. The van der Waals surface area contributed by atoms with Crippen LogP contribution in [0.15, 0.2) is 23.1 Å². The number of rotatable bonds is 2. The van der Waals surface area contributed by atoms with Crippen molar-refractivity contribution in [3.8, 4) is 0 Å². The third-order valence-electron chi connectivity index (χ3n) is 3.11. The minimum atomic E-state index is -3.14. The van der Waals surface area contributed by atoms with E-state index in [1.165, 1.54) is 0 Å². The monoisotopic (exact) mass is 254 g/mol. The van der Waals surface area contributed by atoms with Gasteiger partial charge in [-0.15, -0.1) is 0 Å². The molecule has 1 N–H and O–H groups in total. The molecule has 0 aliphatic carbocycles. The first-order valence-corrected chi connectivity index (χ1v) is 7.33. The van der Waals surface area contributed by atoms with Crippen LogP contribution in [0.1, 0.15) is 31.9 Å². The molecule has 0 amide bonds. The normalized spacial score (nSPS) is 22.5. The van der Waals surface area contributed by atoms with Gasteiger partial charge in [0.25, 0.3) is 0 Å². The fourth-order valence-corrected chi connectivity index (χ4v) is 3.94. The molecule has 1 heterocycles. The van der Waals surface area contributed by atoms with Gasteiger partial charge in [-0.1, -0.05) is 12.1 Å². The molecule has 3 nitrogen and oxygen atoms in total. The Morgan fingerprint density at radius 2 is 2.06 bits per heavy atom. The van der Waals surface area contributed by atoms with Gasteiger partial charge in [-0.2, -0.15) is 0 Å². The Balaban J connectivity index is 2.43. The van der Waals surface area contributed by atoms with Crippen molar-refractivity contribution in [2.45, 2.75) is 49.4 Å². The van der Waals surface area contributed by atoms with E-state index in [1.807, 2.05) is 12.1 Å². The van der Waals surface area contributed by atoms with Gasteiger partial charge in [-0.3, -0.25) is 0 Å². The molecule has 4 heteroatoms. The number of fused-ring (bicyclic) bond motifs is 1. The lowest BCUT2D eigenvalue weighted by atomic mass is 9.97. The van der Waals surface area contributed by atoms with Gasteiger partial charge < -0.3 is 5.11 Å². The summed E-state index contributed by atoms with van der Waals surface area (Å²) >= 11 is 0. The van der Waals surface area contributed by atoms with Crippen LogP contribution in [0.5, 0.6) is 0 Å². The average Bonchev–Trinajstić information content (AvgIpc) is 2.37. The molecule has 0 saturated heterocycles. The van der Waals surface area contributed by atoms with Crippen molar-refractivity contribution >= 4 is 9.84 Å². The summed E-state index contributed by atoms with van der Waals surface area (Å²) in [5.74, 6) is 0. The Bertz CT molecular complexity index is 538. The van der Waals surface area contributed by atoms with Crippen molar-refractivity contribution in [1.29, 1.82) is 0 Å². The molecule has 0 fully saturated rings. The summed E-state index contributed by atoms with van der Waals surface area (Å²) in [5.41, 5.74) is 0.952. The molecular weight excluding hydrogens is 236 g/mol. The number of aliphatic hydroxyl groups is 1. The van der Waals surface area contributed by atoms with Gasteiger partial charge in [0.05, 0.1) is 15.7 Å². The van der Waals surface area contributed by atoms with Crippen LogP contribution in [0.3, 0.4) is 0 Å². The highest BCUT2D eigenvalue weighted by atomic mass is 32.2. The van der Waals surface area contributed by atoms with Gasteiger partial charge in [0, 0.05) is 6.42 Å². The van der Waals surface area contributed by atoms with E-state index in [0.29, 0.717) is 17.7 Å². The second kappa shape index (κ2) is 3.82. The van der Waals surface area contributed by atoms with E-state index in [1.54, 1.807) is 26.8 Å². The molecule has 0 saturated carbocycles. The molecule has 17 heavy (non-hydrogen) atoms. The van der Waals surface area contributed by atoms with Crippen molar-refractivity contribution in [3.05, 3.63) is 29.3 Å². The van der Waals surface area contributed by atoms with Gasteiger partial charge in [0.15, 0.2) is 9.84 Å². The standard InChI is InChI=1S/C13H18O3S/c1-9-6-11-5-4-10(8-13(2,3)14)7-12(11)17(9,15)16/h4-5,7,9,14H,6,8H2,1-3H3. The molecular formula is C13H18O3S. The summed E-state index contributed by atoms with van der Waals surface area (Å²) in [6.07, 6.45) is 1.06. The first-order chi connectivity index (χ1) is 7.70. The second-order valence-corrected chi connectivity index (χ2v) is 7.83. The van der Waals surface area contributed by atoms with E-state index in [0.717, 1.165) is 11.1 Å². The van der Waals surface area contributed by atoms with E-state index in [4.69, 9.17) is 0 Å². The highest BCUT2D eigenvalue weighted by Crippen LogP contribution is 2.32. The number of benzene rings is 1. The Morgan fingerprint density at radius 1 is 1.41 bits per heavy atom. The number of sulfone groups is 1. The van der Waals surface area contributed by atoms with Crippen LogP contribution in [0.4, 0.5) is 0 Å². The second-order valence-electron chi connectivity index (χ2n) is 5.49. The molecule has 2 rings (SSSR count). The van der Waals surface area contributed by atoms with Gasteiger partial charge >= 0.3 is 0 Å². The fraction of sp³-hybridized carbons (Fsp3) is 0.538. The quantitative estimate of drug-likeness (QED) is 0.874. The van der Waals surface area contributed by atoms with Crippen LogP contribution >= 0.6 is 0 Å². The van der Waals surface area contributed by atoms with Gasteiger partial charge in [0.2, 0.25) is 0 Å². The van der Waals surface area contributed by atoms with Crippen LogP contribution in [-0.2, 0) is 22.7 Å². The van der Waals surface area contributed by atoms with Crippen molar-refractivity contribution in [2.75, 3.05) is 0 Å². The van der Waals surface area contributed by atoms with Crippen LogP contribution in [0.25, 0.3) is 0 Å². The molecule has 1 aliphatic heterocycles. The summed E-state index contributed by atoms with van der Waals surface area (Å²) in [6, 6.07) is 5.49. The zero-order valence-corrected chi connectivity index (χ0v) is 11.2. The maximum absolute atomic E-state index is 12.0. The van der Waals surface area contributed by atoms with Crippen molar-refractivity contribution in [1.82, 2.24) is 0 Å². The largest absolute Gasteiger partial charge is 0.390 e. The summed E-state index contributed by atoms with van der Waals surface area (Å²) in [4.78, 5) is 0.451. The average molecular weight is 254 g/mol. The molecule has 1 aliphatic rings. The molecule has 0 aromatic heterocycles. The van der Waals surface area contributed by atoms with Crippen molar-refractivity contribution in [3.63, 3.8) is 0 Å². The lowest BCUT2D eigenvalue weighted by Crippen LogP contribution is -2.22. The van der Waals surface area contributed by atoms with Gasteiger partial charge in [-0.25, -0.2) is 8.42 Å². The van der Waals surface area contributed by atoms with Gasteiger partial charge in [0.1, 0.15) is 0 Å². The van der Waals surface area contributed by atoms with Crippen molar-refractivity contribution < 1.29 is 13.5 Å². The van der Waals surface area contributed by atoms with Crippen molar-refractivity contribution in [2.24, 2.45) is 0 Å². The van der Waals surface area contributed by atoms with Crippen LogP contribution in [0.2, 0.25) is 0 Å². The number of hydrogen-bond donors (Lipinski definition) is 1. The highest BCUT2D eigenvalue weighted by Gasteiger charge is 2.33. The first-order valence-electron chi connectivity index (χ1n) is 5.78. The van der Waals surface area contributed by atoms with E-state index >= 15 is 0 Å². The third kappa shape index (κ3) is 2.38. The highest BCUT2D eigenvalue weighted by molar-refractivity contribution is 7.92. The van der Waals surface area contributed by atoms with Gasteiger partial charge in [-0.05, 0) is 44.4 Å². The summed E-state index contributed by atoms with van der Waals surface area (Å²) in [6.45, 7) is 5.18. The predicted molar refractivity (Wildman–Crippen MR) is 66.8 cm³/mol. The third-order valence-corrected chi connectivity index (χ3v) is 5.33. The molecule has 0 spiro atoms. The zero-order chi connectivity index (χ0) is 12.8. The Kier molecular flexibility index (Phi) is 2.83. The van der Waals surface area contributed by atoms with Crippen LogP contribution in [-0.4, -0.2) is 24.4 Å². The maximum Gasteiger partial charge on any atom is 0.181 e. The molecule has 1 aromatic rings. The maximum atomic E-state index is 12.0. The molecule has 1 unspecified atom stereocenters. The topological polar surface area (TPSA) is 54.4 Å². The SMILES string of the molecule is CC1Cc2ccc(CC(C)(C)O)cc2S1(=O)=O. The zero-order valence-electron chi connectivity index (χ0n) is 10.4. The smallest absolute Gasteiger partial charge is 0.181 e. The molecule has 1 atom stereocenters. The minimum Gasteiger partial charge on any atom is -0.390 e. The summed E-state index contributed by atoms with van der Waals surface area (Å²) in [7, 11) is -3.14.